The number of alkyl halides is 3. The van der Waals surface area contributed by atoms with Gasteiger partial charge >= 0.3 is 12.1 Å². The summed E-state index contributed by atoms with van der Waals surface area (Å²) in [5.74, 6) is -4.53. The molecule has 1 aromatic carbocycles. The summed E-state index contributed by atoms with van der Waals surface area (Å²) < 4.78 is 38.4. The molecule has 1 aliphatic rings. The minimum atomic E-state index is -4.46. The molecule has 0 spiro atoms. The maximum absolute atomic E-state index is 12.8. The van der Waals surface area contributed by atoms with E-state index in [-0.39, 0.29) is 25.5 Å². The molecule has 1 N–H and O–H groups in total. The van der Waals surface area contributed by atoms with Crippen LogP contribution >= 0.6 is 12.4 Å². The van der Waals surface area contributed by atoms with E-state index in [1.54, 1.807) is 17.0 Å². The molecule has 1 fully saturated rings. The van der Waals surface area contributed by atoms with Gasteiger partial charge < -0.3 is 5.11 Å². The molecule has 0 amide bonds. The van der Waals surface area contributed by atoms with Crippen molar-refractivity contribution in [2.24, 2.45) is 11.8 Å². The van der Waals surface area contributed by atoms with E-state index in [2.05, 4.69) is 0 Å². The monoisotopic (exact) mass is 309 g/mol. The van der Waals surface area contributed by atoms with E-state index in [0.717, 1.165) is 5.56 Å². The number of carboxylic acid groups (broad SMARTS) is 1. The number of benzene rings is 1. The molecule has 0 saturated carbocycles. The molecule has 0 aromatic heterocycles. The first-order valence-corrected chi connectivity index (χ1v) is 5.93. The first kappa shape index (κ1) is 16.8. The van der Waals surface area contributed by atoms with Crippen molar-refractivity contribution >= 4 is 18.4 Å². The average molecular weight is 310 g/mol. The minimum Gasteiger partial charge on any atom is -0.481 e. The molecule has 0 aliphatic carbocycles. The summed E-state index contributed by atoms with van der Waals surface area (Å²) in [6.45, 7) is 0.0287. The van der Waals surface area contributed by atoms with Crippen LogP contribution in [0.2, 0.25) is 0 Å². The van der Waals surface area contributed by atoms with Crippen molar-refractivity contribution in [2.45, 2.75) is 12.7 Å². The van der Waals surface area contributed by atoms with Crippen LogP contribution in [0.15, 0.2) is 30.3 Å². The maximum atomic E-state index is 12.8. The van der Waals surface area contributed by atoms with E-state index >= 15 is 0 Å². The lowest BCUT2D eigenvalue weighted by atomic mass is 9.96. The van der Waals surface area contributed by atoms with Gasteiger partial charge in [-0.05, 0) is 5.56 Å². The smallest absolute Gasteiger partial charge is 0.393 e. The highest BCUT2D eigenvalue weighted by Gasteiger charge is 2.52. The third-order valence-corrected chi connectivity index (χ3v) is 3.38. The Kier molecular flexibility index (Phi) is 5.42. The predicted octanol–water partition coefficient (Wildman–Crippen LogP) is 2.80. The first-order chi connectivity index (χ1) is 8.88. The average Bonchev–Trinajstić information content (AvgIpc) is 2.74. The summed E-state index contributed by atoms with van der Waals surface area (Å²) in [6.07, 6.45) is -4.46. The molecule has 112 valence electrons. The number of hydrogen-bond acceptors (Lipinski definition) is 2. The summed E-state index contributed by atoms with van der Waals surface area (Å²) in [6, 6.07) is 9.07. The first-order valence-electron chi connectivity index (χ1n) is 5.93. The highest BCUT2D eigenvalue weighted by atomic mass is 35.5. The molecule has 7 heteroatoms. The van der Waals surface area contributed by atoms with Gasteiger partial charge in [0.05, 0.1) is 11.8 Å². The molecule has 3 nitrogen and oxygen atoms in total. The van der Waals surface area contributed by atoms with E-state index in [1.807, 2.05) is 18.2 Å². The molecular weight excluding hydrogens is 295 g/mol. The lowest BCUT2D eigenvalue weighted by molar-refractivity contribution is -0.188. The van der Waals surface area contributed by atoms with E-state index in [9.17, 15) is 18.0 Å². The Hall–Kier alpha value is -1.27. The lowest BCUT2D eigenvalue weighted by Crippen LogP contribution is -2.33. The standard InChI is InChI=1S/C13H14F3NO2.ClH/c14-13(15,16)11-8-17(7-10(11)12(18)19)6-9-4-2-1-3-5-9;/h1-5,10-11H,6-8H2,(H,18,19);1H/t10-,11-;/m1./s1. The maximum Gasteiger partial charge on any atom is 0.393 e. The zero-order valence-corrected chi connectivity index (χ0v) is 11.3. The number of nitrogens with zero attached hydrogens (tertiary/aromatic N) is 1. The Morgan fingerprint density at radius 3 is 2.30 bits per heavy atom. The molecule has 1 aliphatic heterocycles. The number of rotatable bonds is 3. The molecule has 2 atom stereocenters. The van der Waals surface area contributed by atoms with Crippen LogP contribution in [-0.2, 0) is 11.3 Å². The van der Waals surface area contributed by atoms with Gasteiger partial charge in [0, 0.05) is 19.6 Å². The molecule has 2 rings (SSSR count). The molecule has 1 saturated heterocycles. The van der Waals surface area contributed by atoms with Gasteiger partial charge in [0.2, 0.25) is 0 Å². The second kappa shape index (κ2) is 6.45. The van der Waals surface area contributed by atoms with Gasteiger partial charge in [-0.15, -0.1) is 12.4 Å². The van der Waals surface area contributed by atoms with Crippen LogP contribution in [0, 0.1) is 11.8 Å². The Morgan fingerprint density at radius 2 is 1.85 bits per heavy atom. The zero-order chi connectivity index (χ0) is 14.0. The highest BCUT2D eigenvalue weighted by Crippen LogP contribution is 2.38. The van der Waals surface area contributed by atoms with Gasteiger partial charge in [-0.3, -0.25) is 9.69 Å². The Labute approximate surface area is 120 Å². The summed E-state index contributed by atoms with van der Waals surface area (Å²) in [7, 11) is 0. The fourth-order valence-corrected chi connectivity index (χ4v) is 2.44. The Bertz CT molecular complexity index is 453. The van der Waals surface area contributed by atoms with Crippen molar-refractivity contribution in [3.05, 3.63) is 35.9 Å². The topological polar surface area (TPSA) is 40.5 Å². The number of likely N-dealkylation sites (tertiary alicyclic amines) is 1. The third-order valence-electron chi connectivity index (χ3n) is 3.38. The fourth-order valence-electron chi connectivity index (χ4n) is 2.44. The molecule has 1 aromatic rings. The Morgan fingerprint density at radius 1 is 1.25 bits per heavy atom. The summed E-state index contributed by atoms with van der Waals surface area (Å²) in [5, 5.41) is 8.90. The second-order valence-electron chi connectivity index (χ2n) is 4.77. The van der Waals surface area contributed by atoms with Crippen molar-refractivity contribution < 1.29 is 23.1 Å². The number of aliphatic carboxylic acids is 1. The number of carboxylic acids is 1. The van der Waals surface area contributed by atoms with Crippen LogP contribution in [0.1, 0.15) is 5.56 Å². The van der Waals surface area contributed by atoms with Gasteiger partial charge in [-0.25, -0.2) is 0 Å². The van der Waals surface area contributed by atoms with Crippen molar-refractivity contribution in [3.8, 4) is 0 Å². The molecule has 0 radical (unpaired) electrons. The van der Waals surface area contributed by atoms with Crippen LogP contribution in [0.3, 0.4) is 0 Å². The molecule has 0 unspecified atom stereocenters. The normalized spacial score (nSPS) is 23.4. The van der Waals surface area contributed by atoms with E-state index < -0.39 is 24.0 Å². The SMILES string of the molecule is Cl.O=C(O)[C@@H]1CN(Cc2ccccc2)C[C@H]1C(F)(F)F. The van der Waals surface area contributed by atoms with Crippen LogP contribution in [0.25, 0.3) is 0 Å². The second-order valence-corrected chi connectivity index (χ2v) is 4.77. The van der Waals surface area contributed by atoms with Gasteiger partial charge in [0.25, 0.3) is 0 Å². The minimum absolute atomic E-state index is 0. The van der Waals surface area contributed by atoms with Gasteiger partial charge in [-0.2, -0.15) is 13.2 Å². The third kappa shape index (κ3) is 3.86. The fraction of sp³-hybridized carbons (Fsp3) is 0.462. The highest BCUT2D eigenvalue weighted by molar-refractivity contribution is 5.85. The van der Waals surface area contributed by atoms with Crippen molar-refractivity contribution in [1.82, 2.24) is 4.90 Å². The summed E-state index contributed by atoms with van der Waals surface area (Å²) >= 11 is 0. The van der Waals surface area contributed by atoms with Crippen molar-refractivity contribution in [3.63, 3.8) is 0 Å². The van der Waals surface area contributed by atoms with E-state index in [0.29, 0.717) is 6.54 Å². The number of hydrogen-bond donors (Lipinski definition) is 1. The Balaban J connectivity index is 0.00000200. The van der Waals surface area contributed by atoms with E-state index in [4.69, 9.17) is 5.11 Å². The van der Waals surface area contributed by atoms with Crippen LogP contribution in [0.4, 0.5) is 13.2 Å². The van der Waals surface area contributed by atoms with Gasteiger partial charge in [0.15, 0.2) is 0 Å². The van der Waals surface area contributed by atoms with Crippen LogP contribution in [0.5, 0.6) is 0 Å². The predicted molar refractivity (Wildman–Crippen MR) is 69.6 cm³/mol. The molecule has 0 bridgehead atoms. The van der Waals surface area contributed by atoms with Crippen LogP contribution in [-0.4, -0.2) is 35.2 Å². The van der Waals surface area contributed by atoms with Crippen LogP contribution < -0.4 is 0 Å². The molecule has 20 heavy (non-hydrogen) atoms. The summed E-state index contributed by atoms with van der Waals surface area (Å²) in [4.78, 5) is 12.5. The van der Waals surface area contributed by atoms with Crippen molar-refractivity contribution in [1.29, 1.82) is 0 Å². The quantitative estimate of drug-likeness (QED) is 0.933. The number of halogens is 4. The zero-order valence-electron chi connectivity index (χ0n) is 10.5. The summed E-state index contributed by atoms with van der Waals surface area (Å²) in [5.41, 5.74) is 0.884. The van der Waals surface area contributed by atoms with Crippen molar-refractivity contribution in [2.75, 3.05) is 13.1 Å². The molecular formula is C13H15ClF3NO2. The largest absolute Gasteiger partial charge is 0.481 e. The van der Waals surface area contributed by atoms with E-state index in [1.165, 1.54) is 0 Å². The number of carbonyl (C=O) groups is 1. The molecule has 1 heterocycles. The lowest BCUT2D eigenvalue weighted by Gasteiger charge is -2.18. The van der Waals surface area contributed by atoms with Gasteiger partial charge in [-0.1, -0.05) is 30.3 Å². The van der Waals surface area contributed by atoms with Gasteiger partial charge in [0.1, 0.15) is 0 Å².